The van der Waals surface area contributed by atoms with E-state index in [0.29, 0.717) is 6.04 Å². The average molecular weight is 465 g/mol. The standard InChI is InChI=1S/C30H32N4O/c1-22-18-29(27-14-8-9-15-28(27)31-22)33-30(35)32-25-16-17-34(21-25)26(19-23-10-4-2-5-11-23)20-24-12-6-3-7-13-24/h2-15,18,25-26H,16-17,19-21H2,1H3,(H2,31,32,33,35)/t25-/m1/s1. The number of nitrogens with zero attached hydrogens (tertiary/aromatic N) is 2. The fourth-order valence-electron chi connectivity index (χ4n) is 5.09. The molecule has 1 saturated heterocycles. The number of carbonyl (C=O) groups excluding carboxylic acids is 1. The number of rotatable bonds is 7. The van der Waals surface area contributed by atoms with E-state index in [1.165, 1.54) is 11.1 Å². The molecule has 0 radical (unpaired) electrons. The van der Waals surface area contributed by atoms with Crippen LogP contribution in [0.15, 0.2) is 91.0 Å². The molecule has 2 amide bonds. The predicted octanol–water partition coefficient (Wildman–Crippen LogP) is 5.59. The lowest BCUT2D eigenvalue weighted by Gasteiger charge is -2.28. The maximum atomic E-state index is 12.9. The predicted molar refractivity (Wildman–Crippen MR) is 143 cm³/mol. The molecule has 0 aliphatic carbocycles. The highest BCUT2D eigenvalue weighted by atomic mass is 16.2. The summed E-state index contributed by atoms with van der Waals surface area (Å²) in [5.41, 5.74) is 5.27. The number of aromatic nitrogens is 1. The van der Waals surface area contributed by atoms with Crippen molar-refractivity contribution in [3.63, 3.8) is 0 Å². The smallest absolute Gasteiger partial charge is 0.319 e. The highest BCUT2D eigenvalue weighted by molar-refractivity contribution is 6.00. The lowest BCUT2D eigenvalue weighted by molar-refractivity contribution is 0.229. The van der Waals surface area contributed by atoms with E-state index >= 15 is 0 Å². The second kappa shape index (κ2) is 10.7. The van der Waals surface area contributed by atoms with E-state index in [1.54, 1.807) is 0 Å². The number of carbonyl (C=O) groups is 1. The molecular formula is C30H32N4O. The first-order chi connectivity index (χ1) is 17.1. The molecule has 1 aromatic heterocycles. The molecule has 1 aliphatic heterocycles. The zero-order valence-electron chi connectivity index (χ0n) is 20.2. The lowest BCUT2D eigenvalue weighted by Crippen LogP contribution is -2.42. The van der Waals surface area contributed by atoms with Crippen LogP contribution in [0.25, 0.3) is 10.9 Å². The fourth-order valence-corrected chi connectivity index (χ4v) is 5.09. The Morgan fingerprint density at radius 1 is 0.943 bits per heavy atom. The summed E-state index contributed by atoms with van der Waals surface area (Å²) in [6.07, 6.45) is 2.94. The Kier molecular flexibility index (Phi) is 7.05. The van der Waals surface area contributed by atoms with Gasteiger partial charge in [0, 0.05) is 36.3 Å². The number of amides is 2. The number of likely N-dealkylation sites (tertiary alicyclic amines) is 1. The van der Waals surface area contributed by atoms with Crippen molar-refractivity contribution in [2.45, 2.75) is 38.3 Å². The van der Waals surface area contributed by atoms with Crippen LogP contribution < -0.4 is 10.6 Å². The third-order valence-corrected chi connectivity index (χ3v) is 6.79. The number of fused-ring (bicyclic) bond motifs is 1. The van der Waals surface area contributed by atoms with Gasteiger partial charge < -0.3 is 10.6 Å². The number of nitrogens with one attached hydrogen (secondary N) is 2. The number of hydrogen-bond donors (Lipinski definition) is 2. The third kappa shape index (κ3) is 5.87. The summed E-state index contributed by atoms with van der Waals surface area (Å²) >= 11 is 0. The lowest BCUT2D eigenvalue weighted by atomic mass is 9.98. The van der Waals surface area contributed by atoms with Gasteiger partial charge in [-0.3, -0.25) is 9.88 Å². The summed E-state index contributed by atoms with van der Waals surface area (Å²) in [6, 6.07) is 31.6. The van der Waals surface area contributed by atoms with Gasteiger partial charge in [0.15, 0.2) is 0 Å². The van der Waals surface area contributed by atoms with Crippen LogP contribution in [-0.2, 0) is 12.8 Å². The molecule has 0 spiro atoms. The highest BCUT2D eigenvalue weighted by Gasteiger charge is 2.29. The van der Waals surface area contributed by atoms with Gasteiger partial charge >= 0.3 is 6.03 Å². The van der Waals surface area contributed by atoms with Gasteiger partial charge in [-0.25, -0.2) is 4.79 Å². The molecule has 1 fully saturated rings. The van der Waals surface area contributed by atoms with Gasteiger partial charge in [0.25, 0.3) is 0 Å². The molecule has 35 heavy (non-hydrogen) atoms. The van der Waals surface area contributed by atoms with Crippen LogP contribution >= 0.6 is 0 Å². The molecule has 0 saturated carbocycles. The van der Waals surface area contributed by atoms with E-state index in [-0.39, 0.29) is 12.1 Å². The van der Waals surface area contributed by atoms with Gasteiger partial charge in [0.1, 0.15) is 0 Å². The van der Waals surface area contributed by atoms with E-state index in [2.05, 4.69) is 81.2 Å². The molecule has 5 nitrogen and oxygen atoms in total. The van der Waals surface area contributed by atoms with E-state index in [0.717, 1.165) is 54.6 Å². The molecule has 2 heterocycles. The topological polar surface area (TPSA) is 57.3 Å². The Balaban J connectivity index is 1.25. The molecular weight excluding hydrogens is 432 g/mol. The third-order valence-electron chi connectivity index (χ3n) is 6.79. The molecule has 1 atom stereocenters. The fraction of sp³-hybridized carbons (Fsp3) is 0.267. The molecule has 0 unspecified atom stereocenters. The number of aryl methyl sites for hydroxylation is 1. The minimum Gasteiger partial charge on any atom is -0.334 e. The molecule has 178 valence electrons. The molecule has 5 rings (SSSR count). The summed E-state index contributed by atoms with van der Waals surface area (Å²) in [7, 11) is 0. The summed E-state index contributed by atoms with van der Waals surface area (Å²) in [6.45, 7) is 3.78. The van der Waals surface area contributed by atoms with Crippen molar-refractivity contribution in [3.8, 4) is 0 Å². The second-order valence-corrected chi connectivity index (χ2v) is 9.44. The number of urea groups is 1. The number of benzene rings is 3. The number of para-hydroxylation sites is 1. The summed E-state index contributed by atoms with van der Waals surface area (Å²) in [4.78, 5) is 20.0. The Labute approximate surface area is 207 Å². The van der Waals surface area contributed by atoms with Crippen LogP contribution in [0.3, 0.4) is 0 Å². The van der Waals surface area contributed by atoms with Crippen molar-refractivity contribution >= 4 is 22.6 Å². The molecule has 1 aliphatic rings. The summed E-state index contributed by atoms with van der Waals surface area (Å²) in [5, 5.41) is 7.23. The second-order valence-electron chi connectivity index (χ2n) is 9.44. The Morgan fingerprint density at radius 3 is 2.26 bits per heavy atom. The highest BCUT2D eigenvalue weighted by Crippen LogP contribution is 2.24. The molecule has 3 aromatic carbocycles. The van der Waals surface area contributed by atoms with Gasteiger partial charge in [0.05, 0.1) is 11.2 Å². The van der Waals surface area contributed by atoms with Crippen LogP contribution in [0.4, 0.5) is 10.5 Å². The van der Waals surface area contributed by atoms with Crippen molar-refractivity contribution in [2.75, 3.05) is 18.4 Å². The SMILES string of the molecule is Cc1cc(NC(=O)N[C@@H]2CCN(C(Cc3ccccc3)Cc3ccccc3)C2)c2ccccc2n1. The Bertz CT molecular complexity index is 1230. The van der Waals surface area contributed by atoms with Crippen LogP contribution in [0.1, 0.15) is 23.2 Å². The Morgan fingerprint density at radius 2 is 1.57 bits per heavy atom. The van der Waals surface area contributed by atoms with Crippen molar-refractivity contribution in [3.05, 3.63) is 108 Å². The first kappa shape index (κ1) is 23.1. The van der Waals surface area contributed by atoms with E-state index in [1.807, 2.05) is 37.3 Å². The van der Waals surface area contributed by atoms with Crippen molar-refractivity contribution in [1.29, 1.82) is 0 Å². The zero-order valence-corrected chi connectivity index (χ0v) is 20.2. The van der Waals surface area contributed by atoms with Gasteiger partial charge in [0.2, 0.25) is 0 Å². The van der Waals surface area contributed by atoms with E-state index < -0.39 is 0 Å². The van der Waals surface area contributed by atoms with Gasteiger partial charge in [-0.05, 0) is 49.4 Å². The number of hydrogen-bond acceptors (Lipinski definition) is 3. The van der Waals surface area contributed by atoms with E-state index in [4.69, 9.17) is 0 Å². The largest absolute Gasteiger partial charge is 0.334 e. The number of pyridine rings is 1. The first-order valence-electron chi connectivity index (χ1n) is 12.4. The molecule has 0 bridgehead atoms. The normalized spacial score (nSPS) is 16.0. The van der Waals surface area contributed by atoms with Crippen LogP contribution in [0.5, 0.6) is 0 Å². The monoisotopic (exact) mass is 464 g/mol. The van der Waals surface area contributed by atoms with Crippen LogP contribution in [0, 0.1) is 6.92 Å². The summed E-state index contributed by atoms with van der Waals surface area (Å²) in [5.74, 6) is 0. The maximum absolute atomic E-state index is 12.9. The van der Waals surface area contributed by atoms with Crippen molar-refractivity contribution < 1.29 is 4.79 Å². The number of anilines is 1. The van der Waals surface area contributed by atoms with Gasteiger partial charge in [-0.15, -0.1) is 0 Å². The maximum Gasteiger partial charge on any atom is 0.319 e. The first-order valence-corrected chi connectivity index (χ1v) is 12.4. The average Bonchev–Trinajstić information content (AvgIpc) is 3.33. The van der Waals surface area contributed by atoms with Crippen molar-refractivity contribution in [1.82, 2.24) is 15.2 Å². The quantitative estimate of drug-likeness (QED) is 0.375. The summed E-state index contributed by atoms with van der Waals surface area (Å²) < 4.78 is 0. The minimum absolute atomic E-state index is 0.123. The van der Waals surface area contributed by atoms with E-state index in [9.17, 15) is 4.79 Å². The Hall–Kier alpha value is -3.70. The van der Waals surface area contributed by atoms with Crippen molar-refractivity contribution in [2.24, 2.45) is 0 Å². The van der Waals surface area contributed by atoms with Crippen LogP contribution in [-0.4, -0.2) is 41.1 Å². The van der Waals surface area contributed by atoms with Gasteiger partial charge in [-0.2, -0.15) is 0 Å². The molecule has 2 N–H and O–H groups in total. The van der Waals surface area contributed by atoms with Crippen LogP contribution in [0.2, 0.25) is 0 Å². The minimum atomic E-state index is -0.157. The molecule has 5 heteroatoms. The van der Waals surface area contributed by atoms with Gasteiger partial charge in [-0.1, -0.05) is 78.9 Å². The molecule has 4 aromatic rings. The zero-order chi connectivity index (χ0) is 24.0.